The van der Waals surface area contributed by atoms with Crippen LogP contribution >= 0.6 is 23.2 Å². The number of benzene rings is 1. The maximum absolute atomic E-state index is 6.11. The highest BCUT2D eigenvalue weighted by molar-refractivity contribution is 6.30. The summed E-state index contributed by atoms with van der Waals surface area (Å²) in [5.41, 5.74) is 1.33. The molecule has 0 nitrogen and oxygen atoms in total. The van der Waals surface area contributed by atoms with Crippen LogP contribution in [0.5, 0.6) is 0 Å². The van der Waals surface area contributed by atoms with E-state index in [-0.39, 0.29) is 0 Å². The van der Waals surface area contributed by atoms with Crippen LogP contribution in [-0.4, -0.2) is 5.88 Å². The Morgan fingerprint density at radius 2 is 1.40 bits per heavy atom. The number of alkyl halides is 1. The maximum Gasteiger partial charge on any atom is 0.0406 e. The zero-order chi connectivity index (χ0) is 14.6. The van der Waals surface area contributed by atoms with Crippen LogP contribution in [-0.2, 0) is 0 Å². The summed E-state index contributed by atoms with van der Waals surface area (Å²) in [6, 6.07) is 8.15. The first-order valence-electron chi connectivity index (χ1n) is 8.09. The smallest absolute Gasteiger partial charge is 0.0406 e. The Bertz CT molecular complexity index is 332. The van der Waals surface area contributed by atoms with E-state index >= 15 is 0 Å². The second-order valence-corrected chi connectivity index (χ2v) is 6.41. The predicted octanol–water partition coefficient (Wildman–Crippen LogP) is 7.19. The maximum atomic E-state index is 6.11. The molecular weight excluding hydrogens is 287 g/mol. The van der Waals surface area contributed by atoms with E-state index < -0.39 is 0 Å². The van der Waals surface area contributed by atoms with Gasteiger partial charge in [0.15, 0.2) is 0 Å². The molecule has 0 spiro atoms. The molecule has 0 heterocycles. The van der Waals surface area contributed by atoms with Crippen LogP contribution in [0.15, 0.2) is 24.3 Å². The van der Waals surface area contributed by atoms with Gasteiger partial charge >= 0.3 is 0 Å². The first-order valence-corrected chi connectivity index (χ1v) is 9.00. The number of hydrogen-bond acceptors (Lipinski definition) is 0. The third-order valence-electron chi connectivity index (χ3n) is 3.93. The van der Waals surface area contributed by atoms with Crippen LogP contribution < -0.4 is 0 Å². The third kappa shape index (κ3) is 7.55. The second kappa shape index (κ2) is 11.5. The number of rotatable bonds is 11. The van der Waals surface area contributed by atoms with Gasteiger partial charge in [0.05, 0.1) is 0 Å². The van der Waals surface area contributed by atoms with E-state index in [1.807, 2.05) is 12.1 Å². The van der Waals surface area contributed by atoms with Crippen molar-refractivity contribution in [2.24, 2.45) is 0 Å². The van der Waals surface area contributed by atoms with Gasteiger partial charge in [-0.2, -0.15) is 0 Å². The SMILES string of the molecule is CCCCCCCCCCC(CCl)c1ccc(Cl)cc1. The minimum atomic E-state index is 0.481. The summed E-state index contributed by atoms with van der Waals surface area (Å²) < 4.78 is 0. The molecule has 2 heteroatoms. The molecule has 0 aliphatic heterocycles. The second-order valence-electron chi connectivity index (χ2n) is 5.67. The quantitative estimate of drug-likeness (QED) is 0.299. The molecule has 0 aliphatic carbocycles. The van der Waals surface area contributed by atoms with Crippen molar-refractivity contribution in [1.82, 2.24) is 0 Å². The van der Waals surface area contributed by atoms with Gasteiger partial charge < -0.3 is 0 Å². The third-order valence-corrected chi connectivity index (χ3v) is 4.56. The summed E-state index contributed by atoms with van der Waals surface area (Å²) in [7, 11) is 0. The van der Waals surface area contributed by atoms with E-state index in [4.69, 9.17) is 23.2 Å². The molecule has 0 amide bonds. The fourth-order valence-electron chi connectivity index (χ4n) is 2.59. The van der Waals surface area contributed by atoms with Gasteiger partial charge in [-0.1, -0.05) is 82.0 Å². The number of unbranched alkanes of at least 4 members (excludes halogenated alkanes) is 7. The van der Waals surface area contributed by atoms with E-state index in [0.29, 0.717) is 11.8 Å². The summed E-state index contributed by atoms with van der Waals surface area (Å²) in [5, 5.41) is 0.800. The van der Waals surface area contributed by atoms with E-state index in [9.17, 15) is 0 Å². The zero-order valence-corrected chi connectivity index (χ0v) is 14.2. The fourth-order valence-corrected chi connectivity index (χ4v) is 3.05. The van der Waals surface area contributed by atoms with Gasteiger partial charge in [0.2, 0.25) is 0 Å². The van der Waals surface area contributed by atoms with Crippen LogP contribution in [0, 0.1) is 0 Å². The summed E-state index contributed by atoms with van der Waals surface area (Å²) in [6.07, 6.45) is 12.1. The van der Waals surface area contributed by atoms with Gasteiger partial charge in [-0.15, -0.1) is 11.6 Å². The molecule has 1 rings (SSSR count). The van der Waals surface area contributed by atoms with Crippen molar-refractivity contribution in [2.75, 3.05) is 5.88 Å². The molecule has 0 radical (unpaired) electrons. The molecule has 20 heavy (non-hydrogen) atoms. The van der Waals surface area contributed by atoms with Crippen LogP contribution in [0.4, 0.5) is 0 Å². The molecule has 0 N–H and O–H groups in total. The Hall–Kier alpha value is -0.200. The highest BCUT2D eigenvalue weighted by Crippen LogP contribution is 2.25. The summed E-state index contributed by atoms with van der Waals surface area (Å²) in [4.78, 5) is 0. The Kier molecular flexibility index (Phi) is 10.2. The van der Waals surface area contributed by atoms with Crippen LogP contribution in [0.2, 0.25) is 5.02 Å². The Labute approximate surface area is 134 Å². The Morgan fingerprint density at radius 1 is 0.850 bits per heavy atom. The van der Waals surface area contributed by atoms with E-state index in [1.165, 1.54) is 63.4 Å². The standard InChI is InChI=1S/C18H28Cl2/c1-2-3-4-5-6-7-8-9-10-17(15-19)16-11-13-18(20)14-12-16/h11-14,17H,2-10,15H2,1H3. The lowest BCUT2D eigenvalue weighted by molar-refractivity contribution is 0.545. The molecule has 0 fully saturated rings. The molecule has 1 aromatic rings. The van der Waals surface area contributed by atoms with E-state index in [2.05, 4.69) is 19.1 Å². The van der Waals surface area contributed by atoms with Crippen LogP contribution in [0.3, 0.4) is 0 Å². The molecule has 0 saturated carbocycles. The van der Waals surface area contributed by atoms with Gasteiger partial charge in [-0.25, -0.2) is 0 Å². The fraction of sp³-hybridized carbons (Fsp3) is 0.667. The minimum absolute atomic E-state index is 0.481. The van der Waals surface area contributed by atoms with Gasteiger partial charge in [-0.05, 0) is 30.0 Å². The van der Waals surface area contributed by atoms with E-state index in [1.54, 1.807) is 0 Å². The summed E-state index contributed by atoms with van der Waals surface area (Å²) in [6.45, 7) is 2.27. The van der Waals surface area contributed by atoms with Crippen molar-refractivity contribution in [3.63, 3.8) is 0 Å². The first-order chi connectivity index (χ1) is 9.77. The van der Waals surface area contributed by atoms with Crippen LogP contribution in [0.1, 0.15) is 76.2 Å². The molecule has 0 aliphatic rings. The largest absolute Gasteiger partial charge is 0.126 e. The van der Waals surface area contributed by atoms with Gasteiger partial charge in [0, 0.05) is 10.9 Å². The molecular formula is C18H28Cl2. The lowest BCUT2D eigenvalue weighted by Crippen LogP contribution is -2.00. The number of hydrogen-bond donors (Lipinski definition) is 0. The molecule has 114 valence electrons. The molecule has 0 bridgehead atoms. The zero-order valence-electron chi connectivity index (χ0n) is 12.7. The monoisotopic (exact) mass is 314 g/mol. The average Bonchev–Trinajstić information content (AvgIpc) is 2.47. The van der Waals surface area contributed by atoms with Crippen molar-refractivity contribution in [3.05, 3.63) is 34.9 Å². The molecule has 0 saturated heterocycles. The summed E-state index contributed by atoms with van der Waals surface area (Å²) in [5.74, 6) is 1.19. The summed E-state index contributed by atoms with van der Waals surface area (Å²) >= 11 is 12.0. The normalized spacial score (nSPS) is 12.6. The molecule has 0 aromatic heterocycles. The van der Waals surface area contributed by atoms with Crippen molar-refractivity contribution < 1.29 is 0 Å². The van der Waals surface area contributed by atoms with Crippen molar-refractivity contribution in [1.29, 1.82) is 0 Å². The molecule has 1 atom stereocenters. The predicted molar refractivity (Wildman–Crippen MR) is 92.1 cm³/mol. The first kappa shape index (κ1) is 17.9. The molecule has 1 unspecified atom stereocenters. The lowest BCUT2D eigenvalue weighted by Gasteiger charge is -2.14. The van der Waals surface area contributed by atoms with Gasteiger partial charge in [-0.3, -0.25) is 0 Å². The number of halogens is 2. The molecule has 1 aromatic carbocycles. The highest BCUT2D eigenvalue weighted by atomic mass is 35.5. The van der Waals surface area contributed by atoms with Crippen LogP contribution in [0.25, 0.3) is 0 Å². The van der Waals surface area contributed by atoms with Gasteiger partial charge in [0.1, 0.15) is 0 Å². The highest BCUT2D eigenvalue weighted by Gasteiger charge is 2.09. The van der Waals surface area contributed by atoms with Gasteiger partial charge in [0.25, 0.3) is 0 Å². The lowest BCUT2D eigenvalue weighted by atomic mass is 9.94. The Morgan fingerprint density at radius 3 is 1.95 bits per heavy atom. The Balaban J connectivity index is 2.14. The topological polar surface area (TPSA) is 0 Å². The van der Waals surface area contributed by atoms with Crippen molar-refractivity contribution in [2.45, 2.75) is 70.6 Å². The average molecular weight is 315 g/mol. The van der Waals surface area contributed by atoms with E-state index in [0.717, 1.165) is 5.02 Å². The van der Waals surface area contributed by atoms with Crippen molar-refractivity contribution >= 4 is 23.2 Å². The van der Waals surface area contributed by atoms with Crippen molar-refractivity contribution in [3.8, 4) is 0 Å². The minimum Gasteiger partial charge on any atom is -0.126 e.